The van der Waals surface area contributed by atoms with Crippen molar-refractivity contribution in [1.29, 1.82) is 0 Å². The molecule has 0 aliphatic carbocycles. The second kappa shape index (κ2) is 8.40. The van der Waals surface area contributed by atoms with Crippen LogP contribution in [0.25, 0.3) is 5.57 Å². The summed E-state index contributed by atoms with van der Waals surface area (Å²) in [5.74, 6) is -0.906. The molecular weight excluding hydrogens is 381 g/mol. The molecule has 6 heteroatoms. The molecule has 2 aliphatic heterocycles. The SMILES string of the molecule is CCN1CCN(C2=C(c3ccc(C)cc3)C(=O)N(Cc3ccc(F)cc3)C2=O)CC1. The average molecular weight is 407 g/mol. The van der Waals surface area contributed by atoms with Gasteiger partial charge in [0.2, 0.25) is 0 Å². The van der Waals surface area contributed by atoms with Gasteiger partial charge in [0.25, 0.3) is 11.8 Å². The first-order chi connectivity index (χ1) is 14.5. The maximum absolute atomic E-state index is 13.4. The lowest BCUT2D eigenvalue weighted by Gasteiger charge is -2.36. The van der Waals surface area contributed by atoms with E-state index < -0.39 is 0 Å². The minimum Gasteiger partial charge on any atom is -0.364 e. The van der Waals surface area contributed by atoms with Gasteiger partial charge in [-0.1, -0.05) is 48.9 Å². The molecule has 0 N–H and O–H groups in total. The number of piperazine rings is 1. The zero-order valence-electron chi connectivity index (χ0n) is 17.4. The standard InChI is InChI=1S/C24H26FN3O2/c1-3-26-12-14-27(15-13-26)22-21(19-8-4-17(2)5-9-19)23(29)28(24(22)30)16-18-6-10-20(25)11-7-18/h4-11H,3,12-16H2,1-2H3. The van der Waals surface area contributed by atoms with Crippen molar-refractivity contribution in [3.63, 3.8) is 0 Å². The maximum atomic E-state index is 13.4. The third-order valence-electron chi connectivity index (χ3n) is 5.87. The highest BCUT2D eigenvalue weighted by atomic mass is 19.1. The normalized spacial score (nSPS) is 18.0. The van der Waals surface area contributed by atoms with E-state index in [2.05, 4.69) is 11.8 Å². The maximum Gasteiger partial charge on any atom is 0.278 e. The van der Waals surface area contributed by atoms with Crippen molar-refractivity contribution in [3.8, 4) is 0 Å². The molecule has 0 bridgehead atoms. The Hall–Kier alpha value is -2.99. The van der Waals surface area contributed by atoms with Crippen LogP contribution in [0.1, 0.15) is 23.6 Å². The van der Waals surface area contributed by atoms with Gasteiger partial charge in [-0.15, -0.1) is 0 Å². The van der Waals surface area contributed by atoms with E-state index >= 15 is 0 Å². The van der Waals surface area contributed by atoms with Gasteiger partial charge in [0.05, 0.1) is 12.1 Å². The molecule has 0 spiro atoms. The second-order valence-corrected chi connectivity index (χ2v) is 7.83. The Kier molecular flexibility index (Phi) is 5.68. The van der Waals surface area contributed by atoms with Gasteiger partial charge in [0.15, 0.2) is 0 Å². The van der Waals surface area contributed by atoms with Crippen LogP contribution in [0.15, 0.2) is 54.2 Å². The number of aryl methyl sites for hydroxylation is 1. The summed E-state index contributed by atoms with van der Waals surface area (Å²) in [4.78, 5) is 32.5. The van der Waals surface area contributed by atoms with Crippen molar-refractivity contribution in [2.24, 2.45) is 0 Å². The summed E-state index contributed by atoms with van der Waals surface area (Å²) in [7, 11) is 0. The van der Waals surface area contributed by atoms with Crippen molar-refractivity contribution in [2.45, 2.75) is 20.4 Å². The number of nitrogens with zero attached hydrogens (tertiary/aromatic N) is 3. The number of hydrogen-bond acceptors (Lipinski definition) is 4. The summed E-state index contributed by atoms with van der Waals surface area (Å²) >= 11 is 0. The largest absolute Gasteiger partial charge is 0.364 e. The van der Waals surface area contributed by atoms with E-state index in [1.54, 1.807) is 12.1 Å². The molecular formula is C24H26FN3O2. The predicted octanol–water partition coefficient (Wildman–Crippen LogP) is 3.05. The van der Waals surface area contributed by atoms with E-state index in [1.165, 1.54) is 17.0 Å². The Morgan fingerprint density at radius 2 is 1.50 bits per heavy atom. The van der Waals surface area contributed by atoms with E-state index in [0.717, 1.165) is 36.3 Å². The molecule has 5 nitrogen and oxygen atoms in total. The second-order valence-electron chi connectivity index (χ2n) is 7.83. The summed E-state index contributed by atoms with van der Waals surface area (Å²) < 4.78 is 13.3. The Morgan fingerprint density at radius 1 is 0.867 bits per heavy atom. The molecule has 1 fully saturated rings. The van der Waals surface area contributed by atoms with Crippen LogP contribution in [-0.4, -0.2) is 59.2 Å². The fourth-order valence-corrected chi connectivity index (χ4v) is 4.04. The first kappa shape index (κ1) is 20.3. The van der Waals surface area contributed by atoms with Gasteiger partial charge in [-0.05, 0) is 36.7 Å². The smallest absolute Gasteiger partial charge is 0.278 e. The quantitative estimate of drug-likeness (QED) is 0.715. The van der Waals surface area contributed by atoms with Crippen molar-refractivity contribution < 1.29 is 14.0 Å². The number of carbonyl (C=O) groups is 2. The van der Waals surface area contributed by atoms with Crippen LogP contribution in [0.3, 0.4) is 0 Å². The lowest BCUT2D eigenvalue weighted by atomic mass is 10.0. The minimum absolute atomic E-state index is 0.131. The Labute approximate surface area is 176 Å². The molecule has 2 aliphatic rings. The van der Waals surface area contributed by atoms with Crippen LogP contribution >= 0.6 is 0 Å². The van der Waals surface area contributed by atoms with Gasteiger partial charge >= 0.3 is 0 Å². The first-order valence-corrected chi connectivity index (χ1v) is 10.4. The zero-order chi connectivity index (χ0) is 21.3. The average Bonchev–Trinajstić information content (AvgIpc) is 3.00. The van der Waals surface area contributed by atoms with Gasteiger partial charge in [-0.3, -0.25) is 14.5 Å². The van der Waals surface area contributed by atoms with Crippen molar-refractivity contribution in [1.82, 2.24) is 14.7 Å². The molecule has 2 amide bonds. The number of halogens is 1. The summed E-state index contributed by atoms with van der Waals surface area (Å²) in [6.45, 7) is 8.37. The van der Waals surface area contributed by atoms with Gasteiger partial charge in [-0.25, -0.2) is 4.39 Å². The van der Waals surface area contributed by atoms with Crippen LogP contribution in [0.2, 0.25) is 0 Å². The fraction of sp³-hybridized carbons (Fsp3) is 0.333. The van der Waals surface area contributed by atoms with E-state index in [9.17, 15) is 14.0 Å². The summed E-state index contributed by atoms with van der Waals surface area (Å²) in [5.41, 5.74) is 3.53. The molecule has 0 radical (unpaired) electrons. The van der Waals surface area contributed by atoms with Gasteiger partial charge in [0, 0.05) is 26.2 Å². The molecule has 0 aromatic heterocycles. The summed E-state index contributed by atoms with van der Waals surface area (Å²) in [6.07, 6.45) is 0. The van der Waals surface area contributed by atoms with Crippen molar-refractivity contribution in [2.75, 3.05) is 32.7 Å². The third kappa shape index (κ3) is 3.87. The Morgan fingerprint density at radius 3 is 2.10 bits per heavy atom. The molecule has 30 heavy (non-hydrogen) atoms. The van der Waals surface area contributed by atoms with Gasteiger partial charge in [-0.2, -0.15) is 0 Å². The Balaban J connectivity index is 1.69. The van der Waals surface area contributed by atoms with Gasteiger partial charge < -0.3 is 9.80 Å². The molecule has 2 aromatic rings. The van der Waals surface area contributed by atoms with E-state index in [1.807, 2.05) is 36.1 Å². The molecule has 156 valence electrons. The lowest BCUT2D eigenvalue weighted by molar-refractivity contribution is -0.138. The number of carbonyl (C=O) groups excluding carboxylic acids is 2. The van der Waals surface area contributed by atoms with E-state index in [0.29, 0.717) is 24.4 Å². The monoisotopic (exact) mass is 407 g/mol. The summed E-state index contributed by atoms with van der Waals surface area (Å²) in [6, 6.07) is 13.6. The number of hydrogen-bond donors (Lipinski definition) is 0. The number of rotatable bonds is 5. The highest BCUT2D eigenvalue weighted by Gasteiger charge is 2.42. The molecule has 2 aromatic carbocycles. The van der Waals surface area contributed by atoms with Gasteiger partial charge in [0.1, 0.15) is 11.5 Å². The van der Waals surface area contributed by atoms with Crippen molar-refractivity contribution in [3.05, 3.63) is 76.7 Å². The number of likely N-dealkylation sites (N-methyl/N-ethyl adjacent to an activating group) is 1. The Bertz CT molecular complexity index is 975. The zero-order valence-corrected chi connectivity index (χ0v) is 17.4. The first-order valence-electron chi connectivity index (χ1n) is 10.4. The van der Waals surface area contributed by atoms with Crippen LogP contribution in [0.5, 0.6) is 0 Å². The fourth-order valence-electron chi connectivity index (χ4n) is 4.04. The van der Waals surface area contributed by atoms with Crippen LogP contribution in [0, 0.1) is 12.7 Å². The molecule has 2 heterocycles. The highest BCUT2D eigenvalue weighted by molar-refractivity contribution is 6.35. The predicted molar refractivity (Wildman–Crippen MR) is 114 cm³/mol. The van der Waals surface area contributed by atoms with E-state index in [-0.39, 0.29) is 24.2 Å². The number of amides is 2. The minimum atomic E-state index is -0.342. The highest BCUT2D eigenvalue weighted by Crippen LogP contribution is 2.33. The van der Waals surface area contributed by atoms with Crippen LogP contribution < -0.4 is 0 Å². The van der Waals surface area contributed by atoms with E-state index in [4.69, 9.17) is 0 Å². The molecule has 0 saturated carbocycles. The number of imide groups is 1. The summed E-state index contributed by atoms with van der Waals surface area (Å²) in [5, 5.41) is 0. The molecule has 0 unspecified atom stereocenters. The lowest BCUT2D eigenvalue weighted by Crippen LogP contribution is -2.47. The number of benzene rings is 2. The van der Waals surface area contributed by atoms with Crippen LogP contribution in [-0.2, 0) is 16.1 Å². The van der Waals surface area contributed by atoms with Crippen molar-refractivity contribution >= 4 is 17.4 Å². The molecule has 4 rings (SSSR count). The third-order valence-corrected chi connectivity index (χ3v) is 5.87. The molecule has 1 saturated heterocycles. The topological polar surface area (TPSA) is 43.9 Å². The van der Waals surface area contributed by atoms with Crippen LogP contribution in [0.4, 0.5) is 4.39 Å². The molecule has 0 atom stereocenters.